The van der Waals surface area contributed by atoms with Crippen LogP contribution in [0.15, 0.2) is 45.6 Å². The third kappa shape index (κ3) is 4.14. The number of rotatable bonds is 6. The van der Waals surface area contributed by atoms with Crippen molar-refractivity contribution >= 4 is 11.0 Å². The van der Waals surface area contributed by atoms with Crippen molar-refractivity contribution in [2.75, 3.05) is 21.3 Å². The zero-order valence-corrected chi connectivity index (χ0v) is 16.5. The Hall–Kier alpha value is -2.79. The average molecular weight is 367 g/mol. The lowest BCUT2D eigenvalue weighted by Crippen LogP contribution is -2.18. The van der Waals surface area contributed by atoms with Crippen LogP contribution in [-0.2, 0) is 13.1 Å². The second-order valence-electron chi connectivity index (χ2n) is 6.89. The molecule has 0 N–H and O–H groups in total. The van der Waals surface area contributed by atoms with Crippen LogP contribution in [0, 0.1) is 13.8 Å². The number of aryl methyl sites for hydroxylation is 2. The average Bonchev–Trinajstić information content (AvgIpc) is 2.60. The third-order valence-corrected chi connectivity index (χ3v) is 4.65. The molecule has 0 unspecified atom stereocenters. The number of methoxy groups -OCH3 is 2. The maximum Gasteiger partial charge on any atom is 0.336 e. The smallest absolute Gasteiger partial charge is 0.336 e. The number of hydrogen-bond acceptors (Lipinski definition) is 5. The quantitative estimate of drug-likeness (QED) is 0.615. The molecular formula is C22H25NO4. The Kier molecular flexibility index (Phi) is 5.51. The third-order valence-electron chi connectivity index (χ3n) is 4.65. The van der Waals surface area contributed by atoms with Crippen molar-refractivity contribution in [1.82, 2.24) is 4.90 Å². The number of ether oxygens (including phenoxy) is 2. The van der Waals surface area contributed by atoms with Crippen molar-refractivity contribution < 1.29 is 13.9 Å². The van der Waals surface area contributed by atoms with Gasteiger partial charge in [-0.05, 0) is 55.3 Å². The lowest BCUT2D eigenvalue weighted by Gasteiger charge is -2.19. The molecule has 0 aliphatic rings. The van der Waals surface area contributed by atoms with E-state index in [1.807, 2.05) is 19.2 Å². The lowest BCUT2D eigenvalue weighted by molar-refractivity contribution is 0.319. The largest absolute Gasteiger partial charge is 0.497 e. The highest BCUT2D eigenvalue weighted by Gasteiger charge is 2.11. The van der Waals surface area contributed by atoms with Crippen LogP contribution in [0.1, 0.15) is 22.3 Å². The minimum atomic E-state index is -0.352. The molecule has 5 nitrogen and oxygen atoms in total. The van der Waals surface area contributed by atoms with Gasteiger partial charge in [-0.1, -0.05) is 12.1 Å². The molecule has 0 aliphatic carbocycles. The van der Waals surface area contributed by atoms with Gasteiger partial charge in [0.15, 0.2) is 0 Å². The van der Waals surface area contributed by atoms with Gasteiger partial charge >= 0.3 is 5.63 Å². The van der Waals surface area contributed by atoms with Crippen LogP contribution in [-0.4, -0.2) is 26.2 Å². The second kappa shape index (κ2) is 7.84. The molecule has 0 atom stereocenters. The molecule has 0 fully saturated rings. The van der Waals surface area contributed by atoms with Gasteiger partial charge in [0, 0.05) is 30.6 Å². The van der Waals surface area contributed by atoms with Gasteiger partial charge < -0.3 is 13.9 Å². The molecule has 27 heavy (non-hydrogen) atoms. The van der Waals surface area contributed by atoms with Crippen molar-refractivity contribution in [3.05, 3.63) is 69.1 Å². The van der Waals surface area contributed by atoms with Crippen molar-refractivity contribution in [3.8, 4) is 11.5 Å². The Bertz CT molecular complexity index is 999. The van der Waals surface area contributed by atoms with E-state index in [0.717, 1.165) is 34.4 Å². The highest BCUT2D eigenvalue weighted by atomic mass is 16.5. The molecule has 0 spiro atoms. The number of benzene rings is 2. The van der Waals surface area contributed by atoms with Crippen molar-refractivity contribution in [3.63, 3.8) is 0 Å². The molecule has 0 saturated carbocycles. The van der Waals surface area contributed by atoms with E-state index in [1.165, 1.54) is 5.56 Å². The van der Waals surface area contributed by atoms with Crippen molar-refractivity contribution in [2.24, 2.45) is 0 Å². The first-order chi connectivity index (χ1) is 12.9. The topological polar surface area (TPSA) is 51.9 Å². The lowest BCUT2D eigenvalue weighted by atomic mass is 10.0. The summed E-state index contributed by atoms with van der Waals surface area (Å²) in [4.78, 5) is 14.1. The predicted octanol–water partition coefficient (Wildman–Crippen LogP) is 4.06. The van der Waals surface area contributed by atoms with Crippen LogP contribution >= 0.6 is 0 Å². The monoisotopic (exact) mass is 367 g/mol. The first-order valence-corrected chi connectivity index (χ1v) is 8.84. The Morgan fingerprint density at radius 1 is 0.963 bits per heavy atom. The highest BCUT2D eigenvalue weighted by molar-refractivity contribution is 5.81. The fourth-order valence-corrected chi connectivity index (χ4v) is 3.58. The van der Waals surface area contributed by atoms with E-state index in [4.69, 9.17) is 13.9 Å². The van der Waals surface area contributed by atoms with Gasteiger partial charge in [-0.2, -0.15) is 0 Å². The van der Waals surface area contributed by atoms with Crippen LogP contribution in [0.2, 0.25) is 0 Å². The summed E-state index contributed by atoms with van der Waals surface area (Å²) < 4.78 is 16.0. The SMILES string of the molecule is COc1ccc2c(CN(C)Cc3cc(C)c(OC)c(C)c3)cc(=O)oc2c1. The minimum absolute atomic E-state index is 0.352. The zero-order chi connectivity index (χ0) is 19.6. The van der Waals surface area contributed by atoms with E-state index in [-0.39, 0.29) is 5.63 Å². The maximum atomic E-state index is 12.0. The summed E-state index contributed by atoms with van der Waals surface area (Å²) in [5, 5.41) is 0.921. The summed E-state index contributed by atoms with van der Waals surface area (Å²) in [6.07, 6.45) is 0. The van der Waals surface area contributed by atoms with Crippen LogP contribution in [0.25, 0.3) is 11.0 Å². The molecule has 1 aromatic heterocycles. The van der Waals surface area contributed by atoms with E-state index in [0.29, 0.717) is 17.9 Å². The van der Waals surface area contributed by atoms with Crippen LogP contribution in [0.5, 0.6) is 11.5 Å². The van der Waals surface area contributed by atoms with Gasteiger partial charge in [0.05, 0.1) is 14.2 Å². The van der Waals surface area contributed by atoms with Gasteiger partial charge in [-0.15, -0.1) is 0 Å². The summed E-state index contributed by atoms with van der Waals surface area (Å²) in [5.41, 5.74) is 4.59. The standard InChI is InChI=1S/C22H25NO4/c1-14-8-16(9-15(2)22(14)26-5)12-23(3)13-17-10-21(24)27-20-11-18(25-4)6-7-19(17)20/h6-11H,12-13H2,1-5H3. The Labute approximate surface area is 159 Å². The van der Waals surface area contributed by atoms with Gasteiger partial charge in [0.1, 0.15) is 17.1 Å². The molecule has 0 radical (unpaired) electrons. The zero-order valence-electron chi connectivity index (χ0n) is 16.5. The predicted molar refractivity (Wildman–Crippen MR) is 107 cm³/mol. The minimum Gasteiger partial charge on any atom is -0.497 e. The molecule has 0 saturated heterocycles. The van der Waals surface area contributed by atoms with Gasteiger partial charge in [0.2, 0.25) is 0 Å². The molecule has 0 aliphatic heterocycles. The molecule has 0 amide bonds. The normalized spacial score (nSPS) is 11.2. The summed E-state index contributed by atoms with van der Waals surface area (Å²) in [6, 6.07) is 11.4. The Morgan fingerprint density at radius 2 is 1.67 bits per heavy atom. The summed E-state index contributed by atoms with van der Waals surface area (Å²) in [5.74, 6) is 1.60. The molecule has 3 rings (SSSR count). The number of hydrogen-bond donors (Lipinski definition) is 0. The van der Waals surface area contributed by atoms with Gasteiger partial charge in [-0.25, -0.2) is 4.79 Å². The molecule has 2 aromatic carbocycles. The first-order valence-electron chi connectivity index (χ1n) is 8.84. The molecular weight excluding hydrogens is 342 g/mol. The van der Waals surface area contributed by atoms with Crippen molar-refractivity contribution in [1.29, 1.82) is 0 Å². The van der Waals surface area contributed by atoms with Crippen LogP contribution < -0.4 is 15.1 Å². The molecule has 5 heteroatoms. The highest BCUT2D eigenvalue weighted by Crippen LogP contribution is 2.26. The fourth-order valence-electron chi connectivity index (χ4n) is 3.58. The van der Waals surface area contributed by atoms with E-state index in [9.17, 15) is 4.79 Å². The molecule has 1 heterocycles. The Balaban J connectivity index is 1.86. The van der Waals surface area contributed by atoms with E-state index >= 15 is 0 Å². The van der Waals surface area contributed by atoms with Crippen LogP contribution in [0.4, 0.5) is 0 Å². The van der Waals surface area contributed by atoms with E-state index in [1.54, 1.807) is 26.4 Å². The van der Waals surface area contributed by atoms with E-state index < -0.39 is 0 Å². The second-order valence-corrected chi connectivity index (χ2v) is 6.89. The summed E-state index contributed by atoms with van der Waals surface area (Å²) in [7, 11) is 5.33. The van der Waals surface area contributed by atoms with Gasteiger partial charge in [0.25, 0.3) is 0 Å². The van der Waals surface area contributed by atoms with E-state index in [2.05, 4.69) is 30.9 Å². The Morgan fingerprint density at radius 3 is 2.30 bits per heavy atom. The first kappa shape index (κ1) is 19.0. The van der Waals surface area contributed by atoms with Gasteiger partial charge in [-0.3, -0.25) is 4.90 Å². The van der Waals surface area contributed by atoms with Crippen molar-refractivity contribution in [2.45, 2.75) is 26.9 Å². The number of fused-ring (bicyclic) bond motifs is 1. The molecule has 0 bridgehead atoms. The molecule has 142 valence electrons. The fraction of sp³-hybridized carbons (Fsp3) is 0.318. The maximum absolute atomic E-state index is 12.0. The summed E-state index contributed by atoms with van der Waals surface area (Å²) >= 11 is 0. The molecule has 3 aromatic rings. The number of nitrogens with zero attached hydrogens (tertiary/aromatic N) is 1. The van der Waals surface area contributed by atoms with Crippen LogP contribution in [0.3, 0.4) is 0 Å². The summed E-state index contributed by atoms with van der Waals surface area (Å²) in [6.45, 7) is 5.51.